The summed E-state index contributed by atoms with van der Waals surface area (Å²) in [6.07, 6.45) is 1.17. The molecule has 1 aromatic rings. The Morgan fingerprint density at radius 1 is 1.31 bits per heavy atom. The van der Waals surface area contributed by atoms with Gasteiger partial charge in [-0.15, -0.1) is 12.4 Å². The minimum absolute atomic E-state index is 0. The van der Waals surface area contributed by atoms with Crippen molar-refractivity contribution in [3.8, 4) is 0 Å². The Morgan fingerprint density at radius 2 is 2.06 bits per heavy atom. The summed E-state index contributed by atoms with van der Waals surface area (Å²) in [5.74, 6) is -3.07. The van der Waals surface area contributed by atoms with E-state index >= 15 is 0 Å². The number of hydrogen-bond acceptors (Lipinski definition) is 5. The molecule has 1 amide bonds. The number of carbonyl (C=O) groups excluding carboxylic acids is 1. The van der Waals surface area contributed by atoms with Gasteiger partial charge in [0.1, 0.15) is 6.17 Å². The van der Waals surface area contributed by atoms with Gasteiger partial charge in [-0.25, -0.2) is 13.2 Å². The molecule has 0 unspecified atom stereocenters. The molecule has 3 atom stereocenters. The molecule has 0 aliphatic carbocycles. The van der Waals surface area contributed by atoms with Gasteiger partial charge in [0.2, 0.25) is 5.91 Å². The second-order valence-electron chi connectivity index (χ2n) is 10.9. The van der Waals surface area contributed by atoms with Gasteiger partial charge in [-0.3, -0.25) is 19.6 Å². The van der Waals surface area contributed by atoms with Crippen molar-refractivity contribution in [3.63, 3.8) is 0 Å². The molecule has 3 aliphatic rings. The first-order valence-electron chi connectivity index (χ1n) is 12.5. The number of anilines is 1. The summed E-state index contributed by atoms with van der Waals surface area (Å²) < 4.78 is 43.0. The van der Waals surface area contributed by atoms with Crippen LogP contribution >= 0.6 is 12.4 Å². The van der Waals surface area contributed by atoms with Crippen LogP contribution in [-0.2, 0) is 16.1 Å². The third-order valence-electron chi connectivity index (χ3n) is 7.39. The molecule has 0 aromatic carbocycles. The molecule has 3 aliphatic heterocycles. The zero-order valence-corrected chi connectivity index (χ0v) is 22.0. The summed E-state index contributed by atoms with van der Waals surface area (Å²) >= 11 is 0. The Morgan fingerprint density at radius 3 is 2.71 bits per heavy atom. The van der Waals surface area contributed by atoms with Crippen LogP contribution < -0.4 is 10.2 Å². The van der Waals surface area contributed by atoms with Crippen molar-refractivity contribution in [3.05, 3.63) is 23.5 Å². The number of alkyl halides is 3. The van der Waals surface area contributed by atoms with E-state index in [1.165, 1.54) is 12.3 Å². The molecule has 2 saturated heterocycles. The number of hydrogen-bond donors (Lipinski definition) is 1. The quantitative estimate of drug-likeness (QED) is 0.597. The van der Waals surface area contributed by atoms with E-state index < -0.39 is 17.5 Å². The Labute approximate surface area is 213 Å². The fourth-order valence-corrected chi connectivity index (χ4v) is 5.53. The summed E-state index contributed by atoms with van der Waals surface area (Å²) in [5, 5.41) is 3.47. The molecule has 1 aromatic heterocycles. The molecule has 35 heavy (non-hydrogen) atoms. The zero-order chi connectivity index (χ0) is 24.7. The zero-order valence-electron chi connectivity index (χ0n) is 21.2. The van der Waals surface area contributed by atoms with Crippen molar-refractivity contribution in [1.82, 2.24) is 20.1 Å². The van der Waals surface area contributed by atoms with E-state index in [2.05, 4.69) is 27.0 Å². The second-order valence-corrected chi connectivity index (χ2v) is 10.9. The summed E-state index contributed by atoms with van der Waals surface area (Å²) in [6.45, 7) is 11.8. The van der Waals surface area contributed by atoms with Crippen LogP contribution in [0.2, 0.25) is 0 Å². The lowest BCUT2D eigenvalue weighted by atomic mass is 9.91. The van der Waals surface area contributed by atoms with Crippen LogP contribution in [0, 0.1) is 0 Å². The first kappa shape index (κ1) is 28.2. The van der Waals surface area contributed by atoms with E-state index in [-0.39, 0.29) is 48.9 Å². The van der Waals surface area contributed by atoms with Crippen LogP contribution in [0.15, 0.2) is 12.3 Å². The number of nitrogens with one attached hydrogen (secondary N) is 1. The van der Waals surface area contributed by atoms with Crippen molar-refractivity contribution in [2.75, 3.05) is 50.7 Å². The van der Waals surface area contributed by atoms with Gasteiger partial charge in [0, 0.05) is 74.9 Å². The molecule has 0 spiro atoms. The van der Waals surface area contributed by atoms with Crippen LogP contribution in [0.25, 0.3) is 0 Å². The normalized spacial score (nSPS) is 27.1. The van der Waals surface area contributed by atoms with Crippen molar-refractivity contribution in [1.29, 1.82) is 0 Å². The Bertz CT molecular complexity index is 902. The molecule has 0 radical (unpaired) electrons. The van der Waals surface area contributed by atoms with Gasteiger partial charge in [-0.05, 0) is 19.4 Å². The Balaban J connectivity index is 0.00000342. The van der Waals surface area contributed by atoms with E-state index in [1.807, 2.05) is 13.8 Å². The highest BCUT2D eigenvalue weighted by atomic mass is 35.5. The second kappa shape index (κ2) is 10.9. The molecule has 6 nitrogen and oxygen atoms in total. The summed E-state index contributed by atoms with van der Waals surface area (Å²) in [7, 11) is 0. The molecule has 10 heteroatoms. The van der Waals surface area contributed by atoms with Crippen LogP contribution in [0.1, 0.15) is 58.2 Å². The highest BCUT2D eigenvalue weighted by molar-refractivity contribution is 5.97. The number of rotatable bonds is 7. The fourth-order valence-electron chi connectivity index (χ4n) is 5.53. The standard InChI is InChI=1S/C25H38F3N5O.ClH/c1-5-7-25(27,28)18-9-21-23(30-10-18)24(3,4)16-33(21)22(34)15-32-12-17(2)29-11-20(32)14-31-8-6-19(26)13-31;/h9-10,17,19-20,29H,5-8,11-16H2,1-4H3;1H/t17-,19-,20-;/m1./s1. The number of carbonyl (C=O) groups is 1. The predicted molar refractivity (Wildman–Crippen MR) is 134 cm³/mol. The first-order valence-corrected chi connectivity index (χ1v) is 12.5. The van der Waals surface area contributed by atoms with Crippen molar-refractivity contribution >= 4 is 24.0 Å². The molecule has 0 saturated carbocycles. The number of pyridine rings is 1. The van der Waals surface area contributed by atoms with Crippen LogP contribution in [0.4, 0.5) is 18.9 Å². The van der Waals surface area contributed by atoms with E-state index in [9.17, 15) is 18.0 Å². The van der Waals surface area contributed by atoms with Crippen molar-refractivity contribution in [2.24, 2.45) is 0 Å². The topological polar surface area (TPSA) is 51.7 Å². The molecule has 4 heterocycles. The van der Waals surface area contributed by atoms with E-state index in [4.69, 9.17) is 0 Å². The van der Waals surface area contributed by atoms with E-state index in [0.29, 0.717) is 50.4 Å². The lowest BCUT2D eigenvalue weighted by Crippen LogP contribution is -2.60. The number of piperazine rings is 1. The van der Waals surface area contributed by atoms with E-state index in [0.717, 1.165) is 13.1 Å². The van der Waals surface area contributed by atoms with Crippen LogP contribution in [0.5, 0.6) is 0 Å². The number of nitrogens with zero attached hydrogens (tertiary/aromatic N) is 4. The average molecular weight is 518 g/mol. The maximum Gasteiger partial charge on any atom is 0.274 e. The third kappa shape index (κ3) is 6.12. The minimum atomic E-state index is -2.97. The predicted octanol–water partition coefficient (Wildman–Crippen LogP) is 3.73. The number of halogens is 4. The monoisotopic (exact) mass is 517 g/mol. The lowest BCUT2D eigenvalue weighted by molar-refractivity contribution is -0.120. The fraction of sp³-hybridized carbons (Fsp3) is 0.760. The van der Waals surface area contributed by atoms with Crippen molar-refractivity contribution < 1.29 is 18.0 Å². The first-order chi connectivity index (χ1) is 16.0. The molecule has 198 valence electrons. The smallest absolute Gasteiger partial charge is 0.274 e. The van der Waals surface area contributed by atoms with Gasteiger partial charge in [0.15, 0.2) is 0 Å². The van der Waals surface area contributed by atoms with Crippen molar-refractivity contribution in [2.45, 2.75) is 76.6 Å². The summed E-state index contributed by atoms with van der Waals surface area (Å²) in [6, 6.07) is 1.80. The highest BCUT2D eigenvalue weighted by Gasteiger charge is 2.42. The number of fused-ring (bicyclic) bond motifs is 1. The number of aromatic nitrogens is 1. The largest absolute Gasteiger partial charge is 0.311 e. The van der Waals surface area contributed by atoms with Gasteiger partial charge in [-0.2, -0.15) is 0 Å². The van der Waals surface area contributed by atoms with Gasteiger partial charge in [0.25, 0.3) is 5.92 Å². The number of amides is 1. The molecule has 4 rings (SSSR count). The molecule has 0 bridgehead atoms. The van der Waals surface area contributed by atoms with Gasteiger partial charge < -0.3 is 10.2 Å². The molecular formula is C25H39ClF3N5O. The Kier molecular flexibility index (Phi) is 8.77. The molecule has 1 N–H and O–H groups in total. The molecular weight excluding hydrogens is 479 g/mol. The van der Waals surface area contributed by atoms with Gasteiger partial charge in [-0.1, -0.05) is 27.2 Å². The summed E-state index contributed by atoms with van der Waals surface area (Å²) in [4.78, 5) is 23.9. The third-order valence-corrected chi connectivity index (χ3v) is 7.39. The molecule has 2 fully saturated rings. The summed E-state index contributed by atoms with van der Waals surface area (Å²) in [5.41, 5.74) is 0.647. The van der Waals surface area contributed by atoms with Gasteiger partial charge in [0.05, 0.1) is 17.9 Å². The van der Waals surface area contributed by atoms with Crippen LogP contribution in [0.3, 0.4) is 0 Å². The minimum Gasteiger partial charge on any atom is -0.311 e. The highest BCUT2D eigenvalue weighted by Crippen LogP contribution is 2.42. The van der Waals surface area contributed by atoms with Crippen LogP contribution in [-0.4, -0.2) is 84.8 Å². The maximum absolute atomic E-state index is 14.6. The van der Waals surface area contributed by atoms with E-state index in [1.54, 1.807) is 11.8 Å². The maximum atomic E-state index is 14.6. The lowest BCUT2D eigenvalue weighted by Gasteiger charge is -2.41. The Hall–Kier alpha value is -1.42. The number of likely N-dealkylation sites (tertiary alicyclic amines) is 1. The average Bonchev–Trinajstić information content (AvgIpc) is 3.29. The SMILES string of the molecule is CCCC(F)(F)c1cnc2c(c1)N(C(=O)CN1C[C@@H](C)NC[C@@H]1CN1CC[C@@H](F)C1)CC2(C)C.Cl. The van der Waals surface area contributed by atoms with Gasteiger partial charge >= 0.3 is 0 Å².